The van der Waals surface area contributed by atoms with Gasteiger partial charge in [-0.1, -0.05) is 0 Å². The summed E-state index contributed by atoms with van der Waals surface area (Å²) in [7, 11) is 0. The maximum atomic E-state index is 5.65. The molecule has 0 saturated carbocycles. The Morgan fingerprint density at radius 2 is 2.00 bits per heavy atom. The minimum absolute atomic E-state index is 0.458. The lowest BCUT2D eigenvalue weighted by Crippen LogP contribution is -1.98. The largest absolute Gasteiger partial charge is 0.494 e. The molecule has 0 fully saturated rings. The molecule has 4 nitrogen and oxygen atoms in total. The maximum Gasteiger partial charge on any atom is 0.128 e. The zero-order chi connectivity index (χ0) is 13.7. The molecule has 0 unspecified atom stereocenters. The number of aromatic nitrogens is 1. The number of nitrogens with two attached hydrogens (primary N) is 1. The van der Waals surface area contributed by atoms with Crippen LogP contribution in [0.2, 0.25) is 0 Å². The molecule has 2 aromatic rings. The predicted octanol–water partition coefficient (Wildman–Crippen LogP) is 3.07. The molecule has 0 spiro atoms. The van der Waals surface area contributed by atoms with Crippen molar-refractivity contribution in [1.29, 1.82) is 0 Å². The van der Waals surface area contributed by atoms with Crippen LogP contribution < -0.4 is 15.2 Å². The zero-order valence-corrected chi connectivity index (χ0v) is 12.0. The number of rotatable bonds is 6. The van der Waals surface area contributed by atoms with Gasteiger partial charge in [0, 0.05) is 17.5 Å². The first-order valence-electron chi connectivity index (χ1n) is 6.33. The molecule has 2 rings (SSSR count). The fourth-order valence-electron chi connectivity index (χ4n) is 1.78. The summed E-state index contributed by atoms with van der Waals surface area (Å²) in [5.41, 5.74) is 7.44. The molecule has 1 aromatic carbocycles. The van der Waals surface area contributed by atoms with Crippen molar-refractivity contribution in [2.75, 3.05) is 13.2 Å². The van der Waals surface area contributed by atoms with Crippen LogP contribution >= 0.6 is 11.3 Å². The van der Waals surface area contributed by atoms with E-state index in [2.05, 4.69) is 4.98 Å². The molecule has 0 aliphatic carbocycles. The van der Waals surface area contributed by atoms with Crippen molar-refractivity contribution >= 4 is 11.3 Å². The maximum absolute atomic E-state index is 5.65. The highest BCUT2D eigenvalue weighted by Crippen LogP contribution is 2.34. The van der Waals surface area contributed by atoms with E-state index in [0.29, 0.717) is 19.8 Å². The van der Waals surface area contributed by atoms with Crippen LogP contribution in [0, 0.1) is 0 Å². The number of benzene rings is 1. The molecule has 2 N–H and O–H groups in total. The van der Waals surface area contributed by atoms with E-state index in [4.69, 9.17) is 15.2 Å². The topological polar surface area (TPSA) is 57.4 Å². The van der Waals surface area contributed by atoms with Gasteiger partial charge in [-0.15, -0.1) is 11.3 Å². The van der Waals surface area contributed by atoms with Crippen molar-refractivity contribution in [1.82, 2.24) is 4.98 Å². The molecule has 0 aliphatic heterocycles. The van der Waals surface area contributed by atoms with Crippen LogP contribution in [-0.2, 0) is 6.54 Å². The first-order valence-corrected chi connectivity index (χ1v) is 7.21. The highest BCUT2D eigenvalue weighted by Gasteiger charge is 2.11. The number of ether oxygens (including phenoxy) is 2. The second-order valence-corrected chi connectivity index (χ2v) is 4.80. The molecule has 102 valence electrons. The standard InChI is InChI=1S/C14H18N2O2S/c1-3-17-10-5-6-13(18-4-2)11(7-10)12-9-19-14(8-15)16-12/h5-7,9H,3-4,8,15H2,1-2H3. The summed E-state index contributed by atoms with van der Waals surface area (Å²) in [5.74, 6) is 1.64. The molecule has 0 aliphatic rings. The molecular formula is C14H18N2O2S. The first kappa shape index (κ1) is 13.8. The molecule has 1 heterocycles. The summed E-state index contributed by atoms with van der Waals surface area (Å²) >= 11 is 1.56. The zero-order valence-electron chi connectivity index (χ0n) is 11.2. The summed E-state index contributed by atoms with van der Waals surface area (Å²) < 4.78 is 11.2. The molecule has 0 atom stereocenters. The van der Waals surface area contributed by atoms with E-state index in [9.17, 15) is 0 Å². The van der Waals surface area contributed by atoms with Gasteiger partial charge in [-0.25, -0.2) is 4.98 Å². The van der Waals surface area contributed by atoms with E-state index in [0.717, 1.165) is 27.8 Å². The lowest BCUT2D eigenvalue weighted by molar-refractivity contribution is 0.331. The number of nitrogens with zero attached hydrogens (tertiary/aromatic N) is 1. The second-order valence-electron chi connectivity index (χ2n) is 3.85. The van der Waals surface area contributed by atoms with Gasteiger partial charge < -0.3 is 15.2 Å². The number of hydrogen-bond acceptors (Lipinski definition) is 5. The normalized spacial score (nSPS) is 10.5. The minimum Gasteiger partial charge on any atom is -0.494 e. The first-order chi connectivity index (χ1) is 9.28. The van der Waals surface area contributed by atoms with Gasteiger partial charge >= 0.3 is 0 Å². The molecule has 5 heteroatoms. The van der Waals surface area contributed by atoms with Gasteiger partial charge in [-0.3, -0.25) is 0 Å². The van der Waals surface area contributed by atoms with Gasteiger partial charge in [0.15, 0.2) is 0 Å². The van der Waals surface area contributed by atoms with Crippen LogP contribution in [0.3, 0.4) is 0 Å². The summed E-state index contributed by atoms with van der Waals surface area (Å²) in [5, 5.41) is 2.91. The summed E-state index contributed by atoms with van der Waals surface area (Å²) in [6, 6.07) is 5.79. The predicted molar refractivity (Wildman–Crippen MR) is 77.8 cm³/mol. The lowest BCUT2D eigenvalue weighted by atomic mass is 10.1. The van der Waals surface area contributed by atoms with Gasteiger partial charge in [-0.05, 0) is 32.0 Å². The molecular weight excluding hydrogens is 260 g/mol. The van der Waals surface area contributed by atoms with Crippen LogP contribution in [0.5, 0.6) is 11.5 Å². The van der Waals surface area contributed by atoms with E-state index in [-0.39, 0.29) is 0 Å². The van der Waals surface area contributed by atoms with Crippen LogP contribution in [0.4, 0.5) is 0 Å². The Kier molecular flexibility index (Phi) is 4.76. The van der Waals surface area contributed by atoms with Gasteiger partial charge in [0.05, 0.1) is 18.9 Å². The van der Waals surface area contributed by atoms with Crippen molar-refractivity contribution in [2.45, 2.75) is 20.4 Å². The van der Waals surface area contributed by atoms with E-state index in [1.165, 1.54) is 0 Å². The Hall–Kier alpha value is -1.59. The van der Waals surface area contributed by atoms with Crippen molar-refractivity contribution in [3.05, 3.63) is 28.6 Å². The Morgan fingerprint density at radius 1 is 1.21 bits per heavy atom. The summed E-state index contributed by atoms with van der Waals surface area (Å²) in [6.45, 7) is 5.64. The van der Waals surface area contributed by atoms with Crippen molar-refractivity contribution in [3.63, 3.8) is 0 Å². The van der Waals surface area contributed by atoms with Crippen LogP contribution in [0.1, 0.15) is 18.9 Å². The molecule has 0 bridgehead atoms. The van der Waals surface area contributed by atoms with Crippen molar-refractivity contribution < 1.29 is 9.47 Å². The average molecular weight is 278 g/mol. The monoisotopic (exact) mass is 278 g/mol. The highest BCUT2D eigenvalue weighted by atomic mass is 32.1. The highest BCUT2D eigenvalue weighted by molar-refractivity contribution is 7.09. The third-order valence-electron chi connectivity index (χ3n) is 2.56. The second kappa shape index (κ2) is 6.54. The van der Waals surface area contributed by atoms with Gasteiger partial charge in [0.1, 0.15) is 16.5 Å². The fraction of sp³-hybridized carbons (Fsp3) is 0.357. The number of thiazole rings is 1. The van der Waals surface area contributed by atoms with Gasteiger partial charge in [0.25, 0.3) is 0 Å². The third kappa shape index (κ3) is 3.24. The minimum atomic E-state index is 0.458. The van der Waals surface area contributed by atoms with E-state index >= 15 is 0 Å². The molecule has 1 aromatic heterocycles. The van der Waals surface area contributed by atoms with Crippen LogP contribution in [0.25, 0.3) is 11.3 Å². The van der Waals surface area contributed by atoms with Crippen molar-refractivity contribution in [3.8, 4) is 22.8 Å². The van der Waals surface area contributed by atoms with E-state index in [1.54, 1.807) is 11.3 Å². The van der Waals surface area contributed by atoms with E-state index in [1.807, 2.05) is 37.4 Å². The van der Waals surface area contributed by atoms with Crippen LogP contribution in [0.15, 0.2) is 23.6 Å². The molecule has 19 heavy (non-hydrogen) atoms. The number of hydrogen-bond donors (Lipinski definition) is 1. The average Bonchev–Trinajstić information content (AvgIpc) is 2.90. The summed E-state index contributed by atoms with van der Waals surface area (Å²) in [4.78, 5) is 4.50. The lowest BCUT2D eigenvalue weighted by Gasteiger charge is -2.11. The fourth-order valence-corrected chi connectivity index (χ4v) is 2.45. The Labute approximate surface area is 117 Å². The smallest absolute Gasteiger partial charge is 0.128 e. The molecule has 0 saturated heterocycles. The third-order valence-corrected chi connectivity index (χ3v) is 3.44. The van der Waals surface area contributed by atoms with Gasteiger partial charge in [-0.2, -0.15) is 0 Å². The Balaban J connectivity index is 2.41. The van der Waals surface area contributed by atoms with Crippen molar-refractivity contribution in [2.24, 2.45) is 5.73 Å². The van der Waals surface area contributed by atoms with Gasteiger partial charge in [0.2, 0.25) is 0 Å². The summed E-state index contributed by atoms with van der Waals surface area (Å²) in [6.07, 6.45) is 0. The SMILES string of the molecule is CCOc1ccc(OCC)c(-c2csc(CN)n2)c1. The Morgan fingerprint density at radius 3 is 2.63 bits per heavy atom. The van der Waals surface area contributed by atoms with E-state index < -0.39 is 0 Å². The molecule has 0 amide bonds. The van der Waals surface area contributed by atoms with Crippen LogP contribution in [-0.4, -0.2) is 18.2 Å². The Bertz CT molecular complexity index is 540. The quantitative estimate of drug-likeness (QED) is 0.882. The molecule has 0 radical (unpaired) electrons.